The average molecular weight is 412 g/mol. The van der Waals surface area contributed by atoms with E-state index in [-0.39, 0.29) is 11.8 Å². The first-order chi connectivity index (χ1) is 12.7. The Hall–Kier alpha value is -1.20. The molecule has 2 nitrogen and oxygen atoms in total. The molecule has 2 saturated carbocycles. The Morgan fingerprint density at radius 2 is 1.68 bits per heavy atom. The number of aliphatic hydroxyl groups excluding tert-OH is 1. The highest BCUT2D eigenvalue weighted by atomic mass is 19.4. The van der Waals surface area contributed by atoms with Gasteiger partial charge in [0.2, 0.25) is 0 Å². The summed E-state index contributed by atoms with van der Waals surface area (Å²) in [7, 11) is 0. The molecule has 0 saturated heterocycles. The van der Waals surface area contributed by atoms with Crippen molar-refractivity contribution in [3.8, 4) is 11.8 Å². The highest BCUT2D eigenvalue weighted by Gasteiger charge is 2.70. The molecule has 0 radical (unpaired) electrons. The van der Waals surface area contributed by atoms with Gasteiger partial charge in [-0.2, -0.15) is 26.3 Å². The molecule has 0 spiro atoms. The van der Waals surface area contributed by atoms with Crippen molar-refractivity contribution in [2.75, 3.05) is 0 Å². The number of hydrogen-bond acceptors (Lipinski definition) is 2. The monoisotopic (exact) mass is 412 g/mol. The fourth-order valence-corrected chi connectivity index (χ4v) is 4.34. The van der Waals surface area contributed by atoms with Crippen molar-refractivity contribution < 1.29 is 36.6 Å². The van der Waals surface area contributed by atoms with Crippen molar-refractivity contribution in [2.45, 2.75) is 89.3 Å². The molecule has 160 valence electrons. The molecule has 0 heterocycles. The zero-order valence-electron chi connectivity index (χ0n) is 16.0. The summed E-state index contributed by atoms with van der Waals surface area (Å²) in [6, 6.07) is 0. The number of halogens is 6. The third-order valence-electron chi connectivity index (χ3n) is 5.95. The van der Waals surface area contributed by atoms with Crippen molar-refractivity contribution >= 4 is 0 Å². The van der Waals surface area contributed by atoms with Crippen LogP contribution in [-0.2, 0) is 0 Å². The smallest absolute Gasteiger partial charge is 0.393 e. The fraction of sp³-hybridized carbons (Fsp3) is 0.800. The summed E-state index contributed by atoms with van der Waals surface area (Å²) in [6.07, 6.45) is -5.81. The molecule has 0 aromatic heterocycles. The molecule has 0 unspecified atom stereocenters. The van der Waals surface area contributed by atoms with Crippen LogP contribution in [0.25, 0.3) is 0 Å². The molecule has 2 fully saturated rings. The van der Waals surface area contributed by atoms with Gasteiger partial charge in [0, 0.05) is 11.8 Å². The molecule has 0 aliphatic heterocycles. The van der Waals surface area contributed by atoms with E-state index in [1.165, 1.54) is 0 Å². The van der Waals surface area contributed by atoms with Gasteiger partial charge in [0.1, 0.15) is 0 Å². The van der Waals surface area contributed by atoms with Gasteiger partial charge in [0.25, 0.3) is 0 Å². The Morgan fingerprint density at radius 1 is 1.11 bits per heavy atom. The second-order valence-corrected chi connectivity index (χ2v) is 8.30. The van der Waals surface area contributed by atoms with Crippen LogP contribution >= 0.6 is 0 Å². The number of allylic oxidation sites excluding steroid dienone is 2. The zero-order chi connectivity index (χ0) is 21.4. The van der Waals surface area contributed by atoms with Gasteiger partial charge in [0.15, 0.2) is 0 Å². The van der Waals surface area contributed by atoms with E-state index in [9.17, 15) is 36.6 Å². The predicted octanol–water partition coefficient (Wildman–Crippen LogP) is 5.29. The van der Waals surface area contributed by atoms with Crippen LogP contribution in [0, 0.1) is 22.7 Å². The van der Waals surface area contributed by atoms with Crippen LogP contribution in [0.3, 0.4) is 0 Å². The minimum Gasteiger partial charge on any atom is -0.393 e. The van der Waals surface area contributed by atoms with Crippen LogP contribution in [0.4, 0.5) is 26.3 Å². The molecule has 28 heavy (non-hydrogen) atoms. The van der Waals surface area contributed by atoms with E-state index in [2.05, 4.69) is 0 Å². The van der Waals surface area contributed by atoms with Gasteiger partial charge in [-0.3, -0.25) is 0 Å². The van der Waals surface area contributed by atoms with E-state index in [0.29, 0.717) is 32.1 Å². The molecular formula is C20H26F6O2. The number of rotatable bonds is 4. The number of hydrogen-bond donors (Lipinski definition) is 2. The third-order valence-corrected chi connectivity index (χ3v) is 5.95. The molecule has 0 aromatic carbocycles. The fourth-order valence-electron chi connectivity index (χ4n) is 4.34. The first-order valence-corrected chi connectivity index (χ1v) is 9.46. The molecule has 2 aliphatic rings. The predicted molar refractivity (Wildman–Crippen MR) is 92.1 cm³/mol. The largest absolute Gasteiger partial charge is 0.438 e. The lowest BCUT2D eigenvalue weighted by molar-refractivity contribution is -0.343. The summed E-state index contributed by atoms with van der Waals surface area (Å²) in [5, 5.41) is 19.3. The summed E-state index contributed by atoms with van der Waals surface area (Å²) in [5.74, 6) is 3.08. The minimum absolute atomic E-state index is 0.182. The molecule has 8 heteroatoms. The van der Waals surface area contributed by atoms with Crippen molar-refractivity contribution in [2.24, 2.45) is 10.8 Å². The lowest BCUT2D eigenvalue weighted by Crippen LogP contribution is -2.55. The Balaban J connectivity index is 2.31. The molecule has 2 N–H and O–H groups in total. The van der Waals surface area contributed by atoms with Crippen LogP contribution in [0.1, 0.15) is 65.2 Å². The maximum Gasteiger partial charge on any atom is 0.438 e. The zero-order valence-corrected chi connectivity index (χ0v) is 16.0. The Labute approximate surface area is 161 Å². The van der Waals surface area contributed by atoms with E-state index in [0.717, 1.165) is 24.3 Å². The summed E-state index contributed by atoms with van der Waals surface area (Å²) < 4.78 is 76.8. The molecule has 0 amide bonds. The molecule has 0 aromatic rings. The van der Waals surface area contributed by atoms with E-state index >= 15 is 0 Å². The van der Waals surface area contributed by atoms with Gasteiger partial charge in [-0.15, -0.1) is 0 Å². The van der Waals surface area contributed by atoms with Crippen LogP contribution in [0.2, 0.25) is 0 Å². The maximum atomic E-state index is 12.8. The number of aliphatic hydroxyl groups is 2. The van der Waals surface area contributed by atoms with Crippen LogP contribution in [-0.4, -0.2) is 34.3 Å². The third kappa shape index (κ3) is 4.35. The molecule has 2 rings (SSSR count). The van der Waals surface area contributed by atoms with Gasteiger partial charge in [-0.05, 0) is 49.9 Å². The van der Waals surface area contributed by atoms with Gasteiger partial charge in [-0.25, -0.2) is 0 Å². The highest BCUT2D eigenvalue weighted by Crippen LogP contribution is 2.62. The molecule has 2 atom stereocenters. The van der Waals surface area contributed by atoms with Crippen LogP contribution in [0.15, 0.2) is 11.6 Å². The van der Waals surface area contributed by atoms with Crippen LogP contribution < -0.4 is 0 Å². The van der Waals surface area contributed by atoms with E-state index in [1.807, 2.05) is 25.8 Å². The Kier molecular flexibility index (Phi) is 6.24. The minimum atomic E-state index is -5.93. The summed E-state index contributed by atoms with van der Waals surface area (Å²) >= 11 is 0. The molecule has 0 bridgehead atoms. The topological polar surface area (TPSA) is 40.5 Å². The number of alkyl halides is 6. The van der Waals surface area contributed by atoms with Crippen molar-refractivity contribution in [1.82, 2.24) is 0 Å². The summed E-state index contributed by atoms with van der Waals surface area (Å²) in [5.41, 5.74) is -4.99. The summed E-state index contributed by atoms with van der Waals surface area (Å²) in [6.45, 7) is 3.91. The normalized spacial score (nSPS) is 28.5. The first-order valence-electron chi connectivity index (χ1n) is 9.46. The summed E-state index contributed by atoms with van der Waals surface area (Å²) in [4.78, 5) is 0. The SMILES string of the molecule is CC/C=C(/C1(CC#CC(O)(C(F)(F)F)C(F)(F)F)CC1)[C@@]1(C)CCC[C@H](O)C1. The van der Waals surface area contributed by atoms with E-state index in [1.54, 1.807) is 0 Å². The molecular weight excluding hydrogens is 386 g/mol. The quantitative estimate of drug-likeness (QED) is 0.374. The van der Waals surface area contributed by atoms with E-state index < -0.39 is 29.5 Å². The van der Waals surface area contributed by atoms with Gasteiger partial charge in [-0.1, -0.05) is 37.8 Å². The highest BCUT2D eigenvalue weighted by molar-refractivity contribution is 5.33. The van der Waals surface area contributed by atoms with Crippen LogP contribution in [0.5, 0.6) is 0 Å². The second-order valence-electron chi connectivity index (χ2n) is 8.30. The standard InChI is InChI=1S/C20H26F6O2/c1-3-6-15(16(2)8-4-7-14(27)13-16)17(11-12-17)9-5-10-18(28,19(21,22)23)20(24,25)26/h6,14,27-28H,3-4,7-9,11-13H2,1-2H3/b15-6+/t14-,16-/m0/s1. The van der Waals surface area contributed by atoms with Gasteiger partial charge < -0.3 is 10.2 Å². The lowest BCUT2D eigenvalue weighted by Gasteiger charge is -2.42. The van der Waals surface area contributed by atoms with Crippen molar-refractivity contribution in [3.63, 3.8) is 0 Å². The Morgan fingerprint density at radius 3 is 2.11 bits per heavy atom. The second kappa shape index (κ2) is 7.56. The van der Waals surface area contributed by atoms with E-state index in [4.69, 9.17) is 0 Å². The van der Waals surface area contributed by atoms with Gasteiger partial charge >= 0.3 is 18.0 Å². The van der Waals surface area contributed by atoms with Crippen molar-refractivity contribution in [1.29, 1.82) is 0 Å². The Bertz CT molecular complexity index is 649. The maximum absolute atomic E-state index is 12.8. The lowest BCUT2D eigenvalue weighted by atomic mass is 9.64. The average Bonchev–Trinajstić information content (AvgIpc) is 3.30. The van der Waals surface area contributed by atoms with Gasteiger partial charge in [0.05, 0.1) is 6.10 Å². The molecule has 2 aliphatic carbocycles. The van der Waals surface area contributed by atoms with Crippen molar-refractivity contribution in [3.05, 3.63) is 11.6 Å². The first kappa shape index (κ1) is 23.1.